The highest BCUT2D eigenvalue weighted by molar-refractivity contribution is 8.33. The lowest BCUT2D eigenvalue weighted by atomic mass is 9.70. The number of ether oxygens (including phenoxy) is 6. The van der Waals surface area contributed by atoms with E-state index in [0.717, 1.165) is 6.42 Å². The van der Waals surface area contributed by atoms with Gasteiger partial charge in [0.15, 0.2) is 0 Å². The highest BCUT2D eigenvalue weighted by Gasteiger charge is 2.66. The van der Waals surface area contributed by atoms with Crippen LogP contribution in [0.5, 0.6) is 34.5 Å². The molecule has 2 unspecified atom stereocenters. The van der Waals surface area contributed by atoms with Crippen LogP contribution in [0.3, 0.4) is 0 Å². The Morgan fingerprint density at radius 2 is 0.891 bits per heavy atom. The molecule has 2 bridgehead atoms. The number of ketones is 1. The SMILES string of the molecule is CC(C)(C)Oc1cc(OC(C)(C)C)c(S(OS(=O)(=O)CC23CCC(CC2=O)C3(C)C)(c2ccccc2)c2c(OC(C)(C)C)cc(OC(C)(C)C)cc2OC(C)(C)C)c(OC(C)(C)C)c1. The Balaban J connectivity index is 2.13. The fraction of sp³-hybridized carbons (Fsp3) is 0.635. The van der Waals surface area contributed by atoms with Gasteiger partial charge in [0, 0.05) is 35.6 Å². The van der Waals surface area contributed by atoms with E-state index in [2.05, 4.69) is 0 Å². The van der Waals surface area contributed by atoms with E-state index in [1.807, 2.05) is 169 Å². The third-order valence-electron chi connectivity index (χ3n) is 10.9. The number of benzene rings is 3. The maximum Gasteiger partial charge on any atom is 0.278 e. The number of rotatable bonds is 13. The lowest BCUT2D eigenvalue weighted by Crippen LogP contribution is -2.42. The van der Waals surface area contributed by atoms with Crippen LogP contribution in [0.2, 0.25) is 0 Å². The van der Waals surface area contributed by atoms with Gasteiger partial charge in [0.05, 0.1) is 11.2 Å². The van der Waals surface area contributed by atoms with Crippen molar-refractivity contribution in [3.8, 4) is 34.5 Å². The molecule has 2 fully saturated rings. The molecular weight excluding hydrogens is 849 g/mol. The van der Waals surface area contributed by atoms with Crippen LogP contribution in [0, 0.1) is 16.7 Å². The van der Waals surface area contributed by atoms with Crippen molar-refractivity contribution >= 4 is 26.2 Å². The van der Waals surface area contributed by atoms with Gasteiger partial charge in [-0.1, -0.05) is 32.0 Å². The molecule has 0 radical (unpaired) electrons. The van der Waals surface area contributed by atoms with Crippen LogP contribution < -0.4 is 28.4 Å². The minimum atomic E-state index is -4.70. The maximum atomic E-state index is 15.9. The molecule has 3 aromatic rings. The van der Waals surface area contributed by atoms with Gasteiger partial charge in [0.2, 0.25) is 0 Å². The molecule has 2 atom stereocenters. The molecule has 2 aliphatic rings. The van der Waals surface area contributed by atoms with Crippen molar-refractivity contribution in [1.29, 1.82) is 0 Å². The normalized spacial score (nSPS) is 19.9. The molecule has 12 heteroatoms. The van der Waals surface area contributed by atoms with Gasteiger partial charge in [-0.2, -0.15) is 8.42 Å². The third-order valence-corrected chi connectivity index (χ3v) is 16.3. The Kier molecular flexibility index (Phi) is 13.6. The molecule has 64 heavy (non-hydrogen) atoms. The van der Waals surface area contributed by atoms with Crippen molar-refractivity contribution in [3.05, 3.63) is 54.6 Å². The minimum Gasteiger partial charge on any atom is -0.488 e. The molecular formula is C52H78O10S2. The Bertz CT molecular complexity index is 2120. The molecule has 0 amide bonds. The summed E-state index contributed by atoms with van der Waals surface area (Å²) < 4.78 is 80.4. The first-order valence-corrected chi connectivity index (χ1v) is 25.7. The second-order valence-electron chi connectivity index (χ2n) is 24.1. The lowest BCUT2D eigenvalue weighted by molar-refractivity contribution is -0.128. The van der Waals surface area contributed by atoms with Gasteiger partial charge >= 0.3 is 0 Å². The van der Waals surface area contributed by atoms with Gasteiger partial charge in [-0.3, -0.25) is 4.79 Å². The molecule has 0 aromatic heterocycles. The van der Waals surface area contributed by atoms with Crippen molar-refractivity contribution in [2.75, 3.05) is 5.75 Å². The van der Waals surface area contributed by atoms with Crippen LogP contribution in [0.4, 0.5) is 0 Å². The van der Waals surface area contributed by atoms with E-state index in [1.54, 1.807) is 24.3 Å². The lowest BCUT2D eigenvalue weighted by Gasteiger charge is -2.45. The van der Waals surface area contributed by atoms with Gasteiger partial charge in [-0.25, -0.2) is 3.63 Å². The number of hydrogen-bond donors (Lipinski definition) is 0. The summed E-state index contributed by atoms with van der Waals surface area (Å²) in [5, 5.41) is 0. The van der Waals surface area contributed by atoms with Crippen LogP contribution in [0.15, 0.2) is 69.3 Å². The Labute approximate surface area is 387 Å². The molecule has 3 aromatic carbocycles. The van der Waals surface area contributed by atoms with Crippen LogP contribution in [0.1, 0.15) is 158 Å². The van der Waals surface area contributed by atoms with Crippen molar-refractivity contribution < 1.29 is 45.3 Å². The van der Waals surface area contributed by atoms with Gasteiger partial charge in [0.1, 0.15) is 83.7 Å². The Hall–Kier alpha value is -3.61. The Morgan fingerprint density at radius 3 is 1.17 bits per heavy atom. The predicted octanol–water partition coefficient (Wildman–Crippen LogP) is 13.7. The molecule has 2 saturated carbocycles. The third kappa shape index (κ3) is 11.9. The quantitative estimate of drug-likeness (QED) is 0.164. The van der Waals surface area contributed by atoms with Crippen LogP contribution in [0.25, 0.3) is 0 Å². The topological polar surface area (TPSA) is 116 Å². The number of carbonyl (C=O) groups is 1. The summed E-state index contributed by atoms with van der Waals surface area (Å²) in [6.45, 7) is 39.0. The van der Waals surface area contributed by atoms with E-state index in [1.165, 1.54) is 0 Å². The summed E-state index contributed by atoms with van der Waals surface area (Å²) in [5.41, 5.74) is -6.30. The summed E-state index contributed by atoms with van der Waals surface area (Å²) in [4.78, 5) is 15.3. The fourth-order valence-electron chi connectivity index (χ4n) is 8.77. The summed E-state index contributed by atoms with van der Waals surface area (Å²) in [7, 11) is -8.45. The minimum absolute atomic E-state index is 0.0457. The van der Waals surface area contributed by atoms with E-state index in [-0.39, 0.29) is 34.7 Å². The second kappa shape index (κ2) is 16.9. The molecule has 0 N–H and O–H groups in total. The monoisotopic (exact) mass is 927 g/mol. The van der Waals surface area contributed by atoms with Crippen molar-refractivity contribution in [2.45, 2.75) is 206 Å². The molecule has 5 rings (SSSR count). The standard InChI is InChI=1S/C52H78O10S2/c1-45(2,3)56-35-29-38(58-47(7,8)9)43(39(30-35)59-48(10,11)12)64(37-24-22-21-23-25-37,62-63(54,55)33-52-27-26-34(28-42(52)53)51(52,19)20)44-40(60-49(13,14)15)31-36(57-46(4,5)6)32-41(44)61-50(16,17)18/h21-25,29-32,34H,26-28,33H2,1-20H3. The van der Waals surface area contributed by atoms with Gasteiger partial charge < -0.3 is 28.4 Å². The molecule has 358 valence electrons. The van der Waals surface area contributed by atoms with Crippen LogP contribution in [-0.2, 0) is 18.5 Å². The smallest absolute Gasteiger partial charge is 0.278 e. The zero-order chi connectivity index (χ0) is 48.5. The van der Waals surface area contributed by atoms with E-state index < -0.39 is 70.6 Å². The first-order valence-electron chi connectivity index (χ1n) is 22.6. The van der Waals surface area contributed by atoms with Crippen LogP contribution >= 0.6 is 10.3 Å². The summed E-state index contributed by atoms with van der Waals surface area (Å²) >= 11 is 0. The summed E-state index contributed by atoms with van der Waals surface area (Å²) in [5.74, 6) is 1.50. The Morgan fingerprint density at radius 1 is 0.547 bits per heavy atom. The molecule has 2 aliphatic carbocycles. The average Bonchev–Trinajstić information content (AvgIpc) is 3.37. The number of Topliss-reactive ketones (excluding diaryl/α,β-unsaturated/α-hetero) is 1. The fourth-order valence-corrected chi connectivity index (χ4v) is 15.1. The first kappa shape index (κ1) is 51.4. The van der Waals surface area contributed by atoms with Gasteiger partial charge in [0.25, 0.3) is 10.1 Å². The number of fused-ring (bicyclic) bond motifs is 2. The maximum absolute atomic E-state index is 15.9. The molecule has 10 nitrogen and oxygen atoms in total. The van der Waals surface area contributed by atoms with Crippen molar-refractivity contribution in [2.24, 2.45) is 16.7 Å². The summed E-state index contributed by atoms with van der Waals surface area (Å²) in [6.07, 6.45) is 1.55. The predicted molar refractivity (Wildman–Crippen MR) is 257 cm³/mol. The van der Waals surface area contributed by atoms with E-state index in [4.69, 9.17) is 32.1 Å². The van der Waals surface area contributed by atoms with Crippen molar-refractivity contribution in [1.82, 2.24) is 0 Å². The molecule has 0 heterocycles. The highest BCUT2D eigenvalue weighted by atomic mass is 32.3. The highest BCUT2D eigenvalue weighted by Crippen LogP contribution is 2.79. The van der Waals surface area contributed by atoms with Gasteiger partial charge in [-0.05, 0) is 171 Å². The summed E-state index contributed by atoms with van der Waals surface area (Å²) in [6, 6.07) is 16.5. The van der Waals surface area contributed by atoms with Crippen LogP contribution in [-0.4, -0.2) is 53.6 Å². The molecule has 0 saturated heterocycles. The van der Waals surface area contributed by atoms with E-state index in [0.29, 0.717) is 39.0 Å². The number of carbonyl (C=O) groups excluding carboxylic acids is 1. The average molecular weight is 927 g/mol. The largest absolute Gasteiger partial charge is 0.488 e. The van der Waals surface area contributed by atoms with E-state index in [9.17, 15) is 4.79 Å². The zero-order valence-corrected chi connectivity index (χ0v) is 44.1. The van der Waals surface area contributed by atoms with Crippen molar-refractivity contribution in [3.63, 3.8) is 0 Å². The van der Waals surface area contributed by atoms with Gasteiger partial charge in [-0.15, -0.1) is 0 Å². The first-order chi connectivity index (χ1) is 28.7. The van der Waals surface area contributed by atoms with E-state index >= 15 is 8.42 Å². The molecule has 0 aliphatic heterocycles. The second-order valence-corrected chi connectivity index (χ2v) is 28.4. The molecule has 0 spiro atoms. The number of hydrogen-bond acceptors (Lipinski definition) is 10. The zero-order valence-electron chi connectivity index (χ0n) is 42.5.